The number of hydrogen-bond donors (Lipinski definition) is 2. The summed E-state index contributed by atoms with van der Waals surface area (Å²) in [6, 6.07) is 0. The van der Waals surface area contributed by atoms with Gasteiger partial charge in [-0.1, -0.05) is 25.6 Å². The standard InChI is InChI=1S/C9H18O2Si/c1-12(2,3)8-6-9(11)5-4-7-10/h9-11H,4-5,7H2,1-3H3. The van der Waals surface area contributed by atoms with Crippen LogP contribution < -0.4 is 0 Å². The summed E-state index contributed by atoms with van der Waals surface area (Å²) in [5.74, 6) is 2.81. The predicted molar refractivity (Wildman–Crippen MR) is 53.4 cm³/mol. The summed E-state index contributed by atoms with van der Waals surface area (Å²) < 4.78 is 0. The van der Waals surface area contributed by atoms with Crippen LogP contribution in [0.1, 0.15) is 12.8 Å². The predicted octanol–water partition coefficient (Wildman–Crippen LogP) is 1.00. The third kappa shape index (κ3) is 7.80. The van der Waals surface area contributed by atoms with Crippen molar-refractivity contribution < 1.29 is 10.2 Å². The Labute approximate surface area is 75.6 Å². The molecular weight excluding hydrogens is 168 g/mol. The van der Waals surface area contributed by atoms with Gasteiger partial charge < -0.3 is 10.2 Å². The molecule has 0 heterocycles. The highest BCUT2D eigenvalue weighted by molar-refractivity contribution is 6.83. The molecule has 3 heteroatoms. The lowest BCUT2D eigenvalue weighted by Gasteiger charge is -2.05. The molecule has 1 atom stereocenters. The molecule has 1 unspecified atom stereocenters. The van der Waals surface area contributed by atoms with E-state index in [1.54, 1.807) is 0 Å². The van der Waals surface area contributed by atoms with Crippen molar-refractivity contribution in [3.63, 3.8) is 0 Å². The summed E-state index contributed by atoms with van der Waals surface area (Å²) in [6.07, 6.45) is 0.652. The maximum atomic E-state index is 9.28. The van der Waals surface area contributed by atoms with Crippen LogP contribution in [0.3, 0.4) is 0 Å². The summed E-state index contributed by atoms with van der Waals surface area (Å²) in [7, 11) is -1.34. The van der Waals surface area contributed by atoms with E-state index in [1.807, 2.05) is 0 Å². The summed E-state index contributed by atoms with van der Waals surface area (Å²) >= 11 is 0. The lowest BCUT2D eigenvalue weighted by molar-refractivity contribution is 0.198. The Morgan fingerprint density at radius 1 is 1.33 bits per heavy atom. The molecule has 0 aliphatic heterocycles. The monoisotopic (exact) mass is 186 g/mol. The molecule has 0 radical (unpaired) electrons. The van der Waals surface area contributed by atoms with Gasteiger partial charge in [0.1, 0.15) is 14.2 Å². The van der Waals surface area contributed by atoms with Gasteiger partial charge in [-0.15, -0.1) is 5.54 Å². The Balaban J connectivity index is 3.79. The van der Waals surface area contributed by atoms with Gasteiger partial charge in [-0.05, 0) is 12.8 Å². The zero-order chi connectivity index (χ0) is 9.61. The second-order valence-electron chi connectivity index (χ2n) is 3.90. The summed E-state index contributed by atoms with van der Waals surface area (Å²) in [4.78, 5) is 0. The molecule has 12 heavy (non-hydrogen) atoms. The Hall–Kier alpha value is -0.303. The van der Waals surface area contributed by atoms with Gasteiger partial charge in [0.15, 0.2) is 0 Å². The Morgan fingerprint density at radius 3 is 2.33 bits per heavy atom. The van der Waals surface area contributed by atoms with Gasteiger partial charge in [0.25, 0.3) is 0 Å². The fourth-order valence-corrected chi connectivity index (χ4v) is 1.26. The van der Waals surface area contributed by atoms with E-state index in [-0.39, 0.29) is 6.61 Å². The Morgan fingerprint density at radius 2 is 1.92 bits per heavy atom. The number of aliphatic hydroxyl groups excluding tert-OH is 2. The van der Waals surface area contributed by atoms with Crippen molar-refractivity contribution in [3.8, 4) is 11.5 Å². The molecule has 0 rings (SSSR count). The van der Waals surface area contributed by atoms with Crippen LogP contribution in [0, 0.1) is 11.5 Å². The van der Waals surface area contributed by atoms with Crippen LogP contribution in [0.5, 0.6) is 0 Å². The zero-order valence-electron chi connectivity index (χ0n) is 8.09. The lowest BCUT2D eigenvalue weighted by Crippen LogP contribution is -2.18. The second-order valence-corrected chi connectivity index (χ2v) is 8.65. The minimum absolute atomic E-state index is 0.131. The van der Waals surface area contributed by atoms with Crippen molar-refractivity contribution >= 4 is 8.07 Å². The van der Waals surface area contributed by atoms with Gasteiger partial charge in [-0.3, -0.25) is 0 Å². The maximum Gasteiger partial charge on any atom is 0.129 e. The number of aliphatic hydroxyl groups is 2. The molecule has 70 valence electrons. The number of rotatable bonds is 3. The van der Waals surface area contributed by atoms with Gasteiger partial charge >= 0.3 is 0 Å². The van der Waals surface area contributed by atoms with E-state index in [0.29, 0.717) is 12.8 Å². The molecule has 0 saturated heterocycles. The molecule has 0 amide bonds. The topological polar surface area (TPSA) is 40.5 Å². The molecule has 0 fully saturated rings. The third-order valence-electron chi connectivity index (χ3n) is 1.25. The zero-order valence-corrected chi connectivity index (χ0v) is 9.09. The van der Waals surface area contributed by atoms with Crippen molar-refractivity contribution in [3.05, 3.63) is 0 Å². The highest BCUT2D eigenvalue weighted by Crippen LogP contribution is 1.99. The largest absolute Gasteiger partial charge is 0.396 e. The average molecular weight is 186 g/mol. The van der Waals surface area contributed by atoms with Crippen molar-refractivity contribution in [2.24, 2.45) is 0 Å². The molecular formula is C9H18O2Si. The molecule has 2 N–H and O–H groups in total. The summed E-state index contributed by atoms with van der Waals surface area (Å²) in [5, 5.41) is 17.8. The molecule has 0 aromatic carbocycles. The normalized spacial score (nSPS) is 13.4. The lowest BCUT2D eigenvalue weighted by atomic mass is 10.2. The van der Waals surface area contributed by atoms with Crippen LogP contribution in [-0.4, -0.2) is 31.0 Å². The molecule has 0 aromatic heterocycles. The molecule has 0 spiro atoms. The fourth-order valence-electron chi connectivity index (χ4n) is 0.657. The molecule has 0 aliphatic carbocycles. The summed E-state index contributed by atoms with van der Waals surface area (Å²) in [6.45, 7) is 6.54. The quantitative estimate of drug-likeness (QED) is 0.510. The van der Waals surface area contributed by atoms with Gasteiger partial charge in [-0.25, -0.2) is 0 Å². The molecule has 0 aliphatic rings. The smallest absolute Gasteiger partial charge is 0.129 e. The first-order chi connectivity index (χ1) is 5.45. The first-order valence-corrected chi connectivity index (χ1v) is 7.77. The van der Waals surface area contributed by atoms with Gasteiger partial charge in [-0.2, -0.15) is 0 Å². The van der Waals surface area contributed by atoms with E-state index >= 15 is 0 Å². The fraction of sp³-hybridized carbons (Fsp3) is 0.778. The highest BCUT2D eigenvalue weighted by Gasteiger charge is 2.08. The Kier molecular flexibility index (Phi) is 5.23. The van der Waals surface area contributed by atoms with E-state index in [0.717, 1.165) is 0 Å². The van der Waals surface area contributed by atoms with Crippen LogP contribution in [0.15, 0.2) is 0 Å². The van der Waals surface area contributed by atoms with Gasteiger partial charge in [0.2, 0.25) is 0 Å². The van der Waals surface area contributed by atoms with Gasteiger partial charge in [0, 0.05) is 6.61 Å². The van der Waals surface area contributed by atoms with Crippen LogP contribution in [-0.2, 0) is 0 Å². The van der Waals surface area contributed by atoms with Crippen molar-refractivity contribution in [1.82, 2.24) is 0 Å². The van der Waals surface area contributed by atoms with Gasteiger partial charge in [0.05, 0.1) is 0 Å². The Bertz CT molecular complexity index is 173. The SMILES string of the molecule is C[Si](C)(C)C#CC(O)CCCO. The van der Waals surface area contributed by atoms with Crippen LogP contribution in [0.4, 0.5) is 0 Å². The van der Waals surface area contributed by atoms with E-state index in [2.05, 4.69) is 31.1 Å². The minimum atomic E-state index is -1.34. The second kappa shape index (κ2) is 5.36. The van der Waals surface area contributed by atoms with Crippen LogP contribution in [0.2, 0.25) is 19.6 Å². The van der Waals surface area contributed by atoms with E-state index in [4.69, 9.17) is 5.11 Å². The maximum absolute atomic E-state index is 9.28. The van der Waals surface area contributed by atoms with E-state index in [1.165, 1.54) is 0 Å². The van der Waals surface area contributed by atoms with Crippen LogP contribution in [0.25, 0.3) is 0 Å². The van der Waals surface area contributed by atoms with E-state index in [9.17, 15) is 5.11 Å². The molecule has 0 saturated carbocycles. The molecule has 0 bridgehead atoms. The van der Waals surface area contributed by atoms with Crippen molar-refractivity contribution in [2.45, 2.75) is 38.6 Å². The summed E-state index contributed by atoms with van der Waals surface area (Å²) in [5.41, 5.74) is 3.09. The highest BCUT2D eigenvalue weighted by atomic mass is 28.3. The van der Waals surface area contributed by atoms with Crippen molar-refractivity contribution in [1.29, 1.82) is 0 Å². The molecule has 0 aromatic rings. The van der Waals surface area contributed by atoms with Crippen LogP contribution >= 0.6 is 0 Å². The minimum Gasteiger partial charge on any atom is -0.396 e. The van der Waals surface area contributed by atoms with Crippen molar-refractivity contribution in [2.75, 3.05) is 6.61 Å². The third-order valence-corrected chi connectivity index (χ3v) is 2.14. The number of hydrogen-bond acceptors (Lipinski definition) is 2. The molecule has 2 nitrogen and oxygen atoms in total. The first-order valence-electron chi connectivity index (χ1n) is 4.27. The average Bonchev–Trinajstić information content (AvgIpc) is 1.95. The first kappa shape index (κ1) is 11.7. The van der Waals surface area contributed by atoms with E-state index < -0.39 is 14.2 Å².